The van der Waals surface area contributed by atoms with Crippen molar-refractivity contribution < 1.29 is 28.6 Å². The minimum absolute atomic E-state index is 0.0815. The van der Waals surface area contributed by atoms with Gasteiger partial charge in [0.05, 0.1) is 24.3 Å². The summed E-state index contributed by atoms with van der Waals surface area (Å²) in [5.74, 6) is -0.806. The molecule has 2 rings (SSSR count). The first-order valence-electron chi connectivity index (χ1n) is 5.55. The zero-order valence-electron chi connectivity index (χ0n) is 9.71. The van der Waals surface area contributed by atoms with Gasteiger partial charge in [-0.25, -0.2) is 0 Å². The number of carbonyl (C=O) groups excluding carboxylic acids is 2. The van der Waals surface area contributed by atoms with E-state index in [0.29, 0.717) is 0 Å². The topological polar surface area (TPSA) is 101 Å². The molecular formula is C10H11NO6P2. The van der Waals surface area contributed by atoms with Crippen LogP contribution in [0.15, 0.2) is 12.3 Å². The molecule has 1 amide bonds. The van der Waals surface area contributed by atoms with Gasteiger partial charge in [-0.05, 0) is 6.08 Å². The predicted molar refractivity (Wildman–Crippen MR) is 64.1 cm³/mol. The Bertz CT molecular complexity index is 453. The molecule has 2 aliphatic heterocycles. The predicted octanol–water partition coefficient (Wildman–Crippen LogP) is 0.339. The van der Waals surface area contributed by atoms with Crippen LogP contribution < -0.4 is 0 Å². The molecular weight excluding hydrogens is 292 g/mol. The third-order valence-corrected chi connectivity index (χ3v) is 4.41. The summed E-state index contributed by atoms with van der Waals surface area (Å²) in [6, 6.07) is 0. The van der Waals surface area contributed by atoms with Crippen LogP contribution in [0.1, 0.15) is 6.42 Å². The second-order valence-corrected chi connectivity index (χ2v) is 5.65. The van der Waals surface area contributed by atoms with Gasteiger partial charge >= 0.3 is 0 Å². The van der Waals surface area contributed by atoms with E-state index in [0.717, 1.165) is 4.90 Å². The number of nitrogens with zero attached hydrogens (tertiary/aromatic N) is 1. The van der Waals surface area contributed by atoms with Crippen molar-refractivity contribution in [3.8, 4) is 0 Å². The lowest BCUT2D eigenvalue weighted by Gasteiger charge is -2.28. The molecule has 9 heteroatoms. The van der Waals surface area contributed by atoms with Gasteiger partial charge in [-0.15, -0.1) is 0 Å². The molecule has 0 bridgehead atoms. The SMILES string of the molecule is O=PCC1O[C@@H](N2C=CC(=O)CC2=O)[C@H](O)[C@@H]1P=O. The van der Waals surface area contributed by atoms with E-state index in [-0.39, 0.29) is 35.3 Å². The Kier molecular flexibility index (Phi) is 4.53. The summed E-state index contributed by atoms with van der Waals surface area (Å²) >= 11 is 0. The van der Waals surface area contributed by atoms with Crippen molar-refractivity contribution in [1.29, 1.82) is 0 Å². The van der Waals surface area contributed by atoms with Crippen LogP contribution in [0.4, 0.5) is 0 Å². The number of ether oxygens (including phenoxy) is 1. The summed E-state index contributed by atoms with van der Waals surface area (Å²) in [7, 11) is -0.524. The second kappa shape index (κ2) is 5.97. The Hall–Kier alpha value is -1.00. The summed E-state index contributed by atoms with van der Waals surface area (Å²) in [5.41, 5.74) is -0.745. The highest BCUT2D eigenvalue weighted by Crippen LogP contribution is 2.34. The number of ketones is 1. The summed E-state index contributed by atoms with van der Waals surface area (Å²) in [6.45, 7) is 0. The molecule has 2 heterocycles. The molecule has 1 unspecified atom stereocenters. The molecule has 0 spiro atoms. The highest BCUT2D eigenvalue weighted by molar-refractivity contribution is 7.25. The zero-order valence-corrected chi connectivity index (χ0v) is 11.5. The Labute approximate surface area is 112 Å². The van der Waals surface area contributed by atoms with Crippen LogP contribution in [0.25, 0.3) is 0 Å². The first kappa shape index (κ1) is 14.4. The maximum absolute atomic E-state index is 11.7. The van der Waals surface area contributed by atoms with Gasteiger partial charge in [0.25, 0.3) is 0 Å². The average Bonchev–Trinajstić information content (AvgIpc) is 2.66. The third-order valence-electron chi connectivity index (χ3n) is 3.02. The van der Waals surface area contributed by atoms with Crippen molar-refractivity contribution >= 4 is 28.6 Å². The minimum atomic E-state index is -1.16. The maximum Gasteiger partial charge on any atom is 0.236 e. The summed E-state index contributed by atoms with van der Waals surface area (Å²) in [5, 5.41) is 10.0. The van der Waals surface area contributed by atoms with Crippen molar-refractivity contribution in [3.05, 3.63) is 12.3 Å². The lowest BCUT2D eigenvalue weighted by atomic mass is 10.1. The Morgan fingerprint density at radius 2 is 2.16 bits per heavy atom. The molecule has 0 aliphatic carbocycles. The molecule has 7 nitrogen and oxygen atoms in total. The first-order valence-corrected chi connectivity index (χ1v) is 7.43. The van der Waals surface area contributed by atoms with Crippen LogP contribution >= 0.6 is 16.9 Å². The van der Waals surface area contributed by atoms with Crippen molar-refractivity contribution in [2.24, 2.45) is 0 Å². The Morgan fingerprint density at radius 3 is 2.74 bits per heavy atom. The molecule has 0 saturated carbocycles. The normalized spacial score (nSPS) is 35.5. The smallest absolute Gasteiger partial charge is 0.236 e. The van der Waals surface area contributed by atoms with Crippen LogP contribution in [-0.2, 0) is 23.5 Å². The van der Waals surface area contributed by atoms with Gasteiger partial charge in [-0.2, -0.15) is 0 Å². The summed E-state index contributed by atoms with van der Waals surface area (Å²) in [4.78, 5) is 23.9. The van der Waals surface area contributed by atoms with Crippen LogP contribution in [0.5, 0.6) is 0 Å². The third kappa shape index (κ3) is 2.79. The van der Waals surface area contributed by atoms with Gasteiger partial charge in [-0.3, -0.25) is 23.6 Å². The highest BCUT2D eigenvalue weighted by atomic mass is 31.1. The lowest BCUT2D eigenvalue weighted by molar-refractivity contribution is -0.147. The number of amides is 1. The Balaban J connectivity index is 2.19. The molecule has 102 valence electrons. The first-order chi connectivity index (χ1) is 9.08. The molecule has 0 aromatic rings. The second-order valence-electron chi connectivity index (χ2n) is 4.22. The van der Waals surface area contributed by atoms with Crippen molar-refractivity contribution in [2.45, 2.75) is 30.5 Å². The van der Waals surface area contributed by atoms with Gasteiger partial charge in [0, 0.05) is 6.20 Å². The van der Waals surface area contributed by atoms with E-state index in [4.69, 9.17) is 4.74 Å². The van der Waals surface area contributed by atoms with Gasteiger partial charge in [0.15, 0.2) is 28.9 Å². The van der Waals surface area contributed by atoms with E-state index >= 15 is 0 Å². The molecule has 1 N–H and O–H groups in total. The summed E-state index contributed by atoms with van der Waals surface area (Å²) < 4.78 is 27.1. The number of allylic oxidation sites excluding steroid dienone is 1. The van der Waals surface area contributed by atoms with Crippen molar-refractivity contribution in [3.63, 3.8) is 0 Å². The fourth-order valence-electron chi connectivity index (χ4n) is 2.09. The molecule has 1 saturated heterocycles. The van der Waals surface area contributed by atoms with Crippen LogP contribution in [0, 0.1) is 0 Å². The fraction of sp³-hybridized carbons (Fsp3) is 0.600. The number of rotatable bonds is 4. The number of aliphatic hydroxyl groups is 1. The van der Waals surface area contributed by atoms with E-state index in [1.807, 2.05) is 0 Å². The van der Waals surface area contributed by atoms with Crippen LogP contribution in [0.3, 0.4) is 0 Å². The van der Waals surface area contributed by atoms with E-state index in [2.05, 4.69) is 0 Å². The lowest BCUT2D eigenvalue weighted by Crippen LogP contribution is -2.45. The number of hydrogen-bond donors (Lipinski definition) is 1. The van der Waals surface area contributed by atoms with E-state index in [1.165, 1.54) is 12.3 Å². The Morgan fingerprint density at radius 1 is 1.42 bits per heavy atom. The van der Waals surface area contributed by atoms with Crippen molar-refractivity contribution in [2.75, 3.05) is 6.16 Å². The molecule has 0 radical (unpaired) electrons. The quantitative estimate of drug-likeness (QED) is 0.593. The largest absolute Gasteiger partial charge is 0.387 e. The monoisotopic (exact) mass is 303 g/mol. The highest BCUT2D eigenvalue weighted by Gasteiger charge is 2.48. The van der Waals surface area contributed by atoms with Crippen LogP contribution in [0.2, 0.25) is 0 Å². The van der Waals surface area contributed by atoms with E-state index in [9.17, 15) is 23.8 Å². The van der Waals surface area contributed by atoms with Gasteiger partial charge in [0.1, 0.15) is 6.10 Å². The van der Waals surface area contributed by atoms with Gasteiger partial charge < -0.3 is 9.84 Å². The maximum atomic E-state index is 11.7. The molecule has 2 aliphatic rings. The standard InChI is InChI=1S/C10H11NO6P2/c12-5-1-2-11(7(13)3-5)10-8(14)9(19-16)6(17-10)4-18-15/h1-2,6,8-10,14H,3-4H2/t6?,8-,9-,10-/m1/s1. The molecule has 4 atom stereocenters. The molecule has 0 aromatic heterocycles. The minimum Gasteiger partial charge on any atom is -0.387 e. The zero-order chi connectivity index (χ0) is 14.0. The van der Waals surface area contributed by atoms with Gasteiger partial charge in [-0.1, -0.05) is 0 Å². The molecule has 0 aromatic carbocycles. The van der Waals surface area contributed by atoms with E-state index in [1.54, 1.807) is 0 Å². The van der Waals surface area contributed by atoms with Crippen LogP contribution in [-0.4, -0.2) is 52.0 Å². The fourth-order valence-corrected chi connectivity index (χ4v) is 3.30. The van der Waals surface area contributed by atoms with Crippen molar-refractivity contribution in [1.82, 2.24) is 4.90 Å². The number of carbonyl (C=O) groups is 2. The molecule has 1 fully saturated rings. The number of hydrogen-bond acceptors (Lipinski definition) is 6. The number of aliphatic hydroxyl groups excluding tert-OH is 1. The van der Waals surface area contributed by atoms with E-state index < -0.39 is 30.0 Å². The molecule has 19 heavy (non-hydrogen) atoms. The average molecular weight is 303 g/mol. The summed E-state index contributed by atoms with van der Waals surface area (Å²) in [6.07, 6.45) is -0.565. The van der Waals surface area contributed by atoms with Gasteiger partial charge in [0.2, 0.25) is 5.91 Å².